The third-order valence-electron chi connectivity index (χ3n) is 4.84. The lowest BCUT2D eigenvalue weighted by Gasteiger charge is -2.28. The summed E-state index contributed by atoms with van der Waals surface area (Å²) in [6.07, 6.45) is -0.761. The first-order valence-corrected chi connectivity index (χ1v) is 10.6. The van der Waals surface area contributed by atoms with Crippen molar-refractivity contribution in [1.29, 1.82) is 0 Å². The van der Waals surface area contributed by atoms with E-state index in [0.29, 0.717) is 17.1 Å². The number of carbonyl (C=O) groups excluding carboxylic acids is 2. The van der Waals surface area contributed by atoms with Gasteiger partial charge in [-0.25, -0.2) is 0 Å². The molecule has 31 heavy (non-hydrogen) atoms. The van der Waals surface area contributed by atoms with Gasteiger partial charge in [0.05, 0.1) is 20.8 Å². The molecule has 0 aromatic heterocycles. The Bertz CT molecular complexity index is 1040. The van der Waals surface area contributed by atoms with E-state index in [-0.39, 0.29) is 24.3 Å². The van der Waals surface area contributed by atoms with Crippen LogP contribution in [-0.2, 0) is 14.3 Å². The van der Waals surface area contributed by atoms with Gasteiger partial charge in [0.15, 0.2) is 11.5 Å². The minimum Gasteiger partial charge on any atom is -0.493 e. The summed E-state index contributed by atoms with van der Waals surface area (Å²) in [4.78, 5) is 26.3. The molecule has 2 amide bonds. The van der Waals surface area contributed by atoms with Gasteiger partial charge in [0, 0.05) is 28.7 Å². The highest BCUT2D eigenvalue weighted by molar-refractivity contribution is 14.1. The molecule has 1 heterocycles. The summed E-state index contributed by atoms with van der Waals surface area (Å²) in [5.74, 6) is 0.911. The van der Waals surface area contributed by atoms with Crippen LogP contribution in [0.15, 0.2) is 41.5 Å². The number of amides is 2. The van der Waals surface area contributed by atoms with Crippen LogP contribution in [0.4, 0.5) is 5.69 Å². The molecule has 3 rings (SSSR count). The van der Waals surface area contributed by atoms with Crippen LogP contribution in [0, 0.1) is 10.5 Å². The Kier molecular flexibility index (Phi) is 7.04. The molecule has 164 valence electrons. The quantitative estimate of drug-likeness (QED) is 0.527. The van der Waals surface area contributed by atoms with Gasteiger partial charge in [-0.2, -0.15) is 5.01 Å². The van der Waals surface area contributed by atoms with Crippen LogP contribution < -0.4 is 14.4 Å². The molecule has 0 bridgehead atoms. The monoisotopic (exact) mass is 537 g/mol. The second kappa shape index (κ2) is 9.54. The third kappa shape index (κ3) is 4.92. The molecule has 0 aliphatic carbocycles. The van der Waals surface area contributed by atoms with Gasteiger partial charge in [-0.1, -0.05) is 0 Å². The van der Waals surface area contributed by atoms with Crippen molar-refractivity contribution in [2.24, 2.45) is 5.10 Å². The third-order valence-corrected chi connectivity index (χ3v) is 5.51. The van der Waals surface area contributed by atoms with Crippen molar-refractivity contribution in [2.75, 3.05) is 25.7 Å². The summed E-state index contributed by atoms with van der Waals surface area (Å²) in [5, 5.41) is 5.61. The number of aryl methyl sites for hydroxylation is 1. The fourth-order valence-corrected chi connectivity index (χ4v) is 3.97. The predicted molar refractivity (Wildman–Crippen MR) is 125 cm³/mol. The van der Waals surface area contributed by atoms with Gasteiger partial charge in [-0.05, 0) is 71.5 Å². The number of anilines is 1. The van der Waals surface area contributed by atoms with Crippen LogP contribution in [0.5, 0.6) is 11.5 Å². The first-order valence-electron chi connectivity index (χ1n) is 9.56. The molecule has 0 spiro atoms. The molecule has 0 fully saturated rings. The topological polar surface area (TPSA) is 80.7 Å². The molecule has 2 aromatic carbocycles. The maximum absolute atomic E-state index is 12.4. The van der Waals surface area contributed by atoms with E-state index < -0.39 is 6.23 Å². The Balaban J connectivity index is 1.90. The normalized spacial score (nSPS) is 15.2. The Morgan fingerprint density at radius 2 is 1.84 bits per heavy atom. The van der Waals surface area contributed by atoms with Crippen LogP contribution in [0.25, 0.3) is 0 Å². The lowest BCUT2D eigenvalue weighted by molar-refractivity contribution is -0.135. The lowest BCUT2D eigenvalue weighted by Crippen LogP contribution is -2.44. The zero-order valence-corrected chi connectivity index (χ0v) is 20.2. The second-order valence-corrected chi connectivity index (χ2v) is 8.22. The number of carbonyl (C=O) groups is 2. The molecule has 0 radical (unpaired) electrons. The maximum Gasteiger partial charge on any atom is 0.243 e. The summed E-state index contributed by atoms with van der Waals surface area (Å²) < 4.78 is 17.7. The number of hydrogen-bond donors (Lipinski definition) is 0. The molecule has 8 nitrogen and oxygen atoms in total. The molecular weight excluding hydrogens is 513 g/mol. The molecule has 1 aliphatic heterocycles. The summed E-state index contributed by atoms with van der Waals surface area (Å²) >= 11 is 2.23. The molecule has 2 aromatic rings. The van der Waals surface area contributed by atoms with Crippen molar-refractivity contribution in [2.45, 2.75) is 27.0 Å². The second-order valence-electron chi connectivity index (χ2n) is 6.97. The number of hydrazone groups is 1. The standard InChI is InChI=1S/C22H24IN3O5/c1-13-10-17(23)7-8-18(13)25(14(2)27)12-21-26(15(3)28)24-22(31-21)16-6-9-19(29-4)20(11-16)30-5/h6-11,21H,12H2,1-5H3/t21-/m1/s1. The van der Waals surface area contributed by atoms with E-state index in [9.17, 15) is 9.59 Å². The maximum atomic E-state index is 12.4. The molecule has 0 unspecified atom stereocenters. The zero-order chi connectivity index (χ0) is 22.7. The number of benzene rings is 2. The number of nitrogens with zero attached hydrogens (tertiary/aromatic N) is 3. The first kappa shape index (κ1) is 22.9. The number of methoxy groups -OCH3 is 2. The minimum atomic E-state index is -0.761. The van der Waals surface area contributed by atoms with E-state index in [1.54, 1.807) is 30.2 Å². The summed E-state index contributed by atoms with van der Waals surface area (Å²) in [7, 11) is 3.09. The van der Waals surface area contributed by atoms with E-state index >= 15 is 0 Å². The van der Waals surface area contributed by atoms with Crippen molar-refractivity contribution < 1.29 is 23.8 Å². The van der Waals surface area contributed by atoms with Gasteiger partial charge < -0.3 is 19.1 Å². The van der Waals surface area contributed by atoms with E-state index in [0.717, 1.165) is 14.8 Å². The van der Waals surface area contributed by atoms with Crippen LogP contribution in [-0.4, -0.2) is 49.7 Å². The van der Waals surface area contributed by atoms with Crippen molar-refractivity contribution >= 4 is 46.0 Å². The van der Waals surface area contributed by atoms with Crippen molar-refractivity contribution in [3.63, 3.8) is 0 Å². The van der Waals surface area contributed by atoms with Gasteiger partial charge in [0.2, 0.25) is 23.9 Å². The smallest absolute Gasteiger partial charge is 0.243 e. The van der Waals surface area contributed by atoms with Crippen LogP contribution in [0.1, 0.15) is 25.0 Å². The fraction of sp³-hybridized carbons (Fsp3) is 0.318. The highest BCUT2D eigenvalue weighted by Gasteiger charge is 2.34. The largest absolute Gasteiger partial charge is 0.493 e. The predicted octanol–water partition coefficient (Wildman–Crippen LogP) is 3.54. The molecule has 9 heteroatoms. The zero-order valence-electron chi connectivity index (χ0n) is 18.0. The summed E-state index contributed by atoms with van der Waals surface area (Å²) in [5.41, 5.74) is 2.35. The summed E-state index contributed by atoms with van der Waals surface area (Å²) in [6, 6.07) is 11.1. The molecular formula is C22H24IN3O5. The summed E-state index contributed by atoms with van der Waals surface area (Å²) in [6.45, 7) is 4.97. The van der Waals surface area contributed by atoms with Gasteiger partial charge in [-0.3, -0.25) is 9.59 Å². The van der Waals surface area contributed by atoms with E-state index in [2.05, 4.69) is 27.7 Å². The Morgan fingerprint density at radius 3 is 2.42 bits per heavy atom. The van der Waals surface area contributed by atoms with Gasteiger partial charge in [-0.15, -0.1) is 5.10 Å². The fourth-order valence-electron chi connectivity index (χ4n) is 3.32. The van der Waals surface area contributed by atoms with Crippen LogP contribution in [0.2, 0.25) is 0 Å². The van der Waals surface area contributed by atoms with Gasteiger partial charge >= 0.3 is 0 Å². The SMILES string of the molecule is COc1ccc(C2=NN(C(C)=O)[C@@H](CN(C(C)=O)c3ccc(I)cc3C)O2)cc1OC. The molecule has 0 saturated carbocycles. The Morgan fingerprint density at radius 1 is 1.13 bits per heavy atom. The average molecular weight is 537 g/mol. The molecule has 1 atom stereocenters. The number of hydrogen-bond acceptors (Lipinski definition) is 6. The van der Waals surface area contributed by atoms with Crippen LogP contribution >= 0.6 is 22.6 Å². The molecule has 1 aliphatic rings. The highest BCUT2D eigenvalue weighted by atomic mass is 127. The number of rotatable bonds is 6. The van der Waals surface area contributed by atoms with E-state index in [1.165, 1.54) is 26.0 Å². The van der Waals surface area contributed by atoms with Crippen molar-refractivity contribution in [1.82, 2.24) is 5.01 Å². The molecule has 0 N–H and O–H groups in total. The van der Waals surface area contributed by atoms with E-state index in [1.807, 2.05) is 25.1 Å². The Labute approximate surface area is 194 Å². The van der Waals surface area contributed by atoms with Gasteiger partial charge in [0.1, 0.15) is 0 Å². The lowest BCUT2D eigenvalue weighted by atomic mass is 10.1. The minimum absolute atomic E-state index is 0.136. The van der Waals surface area contributed by atoms with Gasteiger partial charge in [0.25, 0.3) is 0 Å². The van der Waals surface area contributed by atoms with Crippen molar-refractivity contribution in [3.8, 4) is 11.5 Å². The average Bonchev–Trinajstić information content (AvgIpc) is 3.16. The first-order chi connectivity index (χ1) is 14.7. The van der Waals surface area contributed by atoms with E-state index in [4.69, 9.17) is 14.2 Å². The Hall–Kier alpha value is -2.82. The highest BCUT2D eigenvalue weighted by Crippen LogP contribution is 2.30. The van der Waals surface area contributed by atoms with Crippen molar-refractivity contribution in [3.05, 3.63) is 51.1 Å². The molecule has 0 saturated heterocycles. The number of halogens is 1. The number of ether oxygens (including phenoxy) is 3. The van der Waals surface area contributed by atoms with Crippen LogP contribution in [0.3, 0.4) is 0 Å².